The molecule has 1 saturated carbocycles. The summed E-state index contributed by atoms with van der Waals surface area (Å²) in [6.07, 6.45) is 7.07. The predicted molar refractivity (Wildman–Crippen MR) is 163 cm³/mol. The van der Waals surface area contributed by atoms with E-state index in [2.05, 4.69) is 15.4 Å². The lowest BCUT2D eigenvalue weighted by Gasteiger charge is -2.42. The highest BCUT2D eigenvalue weighted by Crippen LogP contribution is 2.49. The maximum atomic E-state index is 15.9. The Morgan fingerprint density at radius 3 is 2.67 bits per heavy atom. The lowest BCUT2D eigenvalue weighted by atomic mass is 9.74. The number of halogens is 2. The number of aryl methyl sites for hydroxylation is 2. The molecule has 3 saturated heterocycles. The zero-order valence-corrected chi connectivity index (χ0v) is 26.1. The Kier molecular flexibility index (Phi) is 6.80. The summed E-state index contributed by atoms with van der Waals surface area (Å²) in [6, 6.07) is 2.33. The van der Waals surface area contributed by atoms with Crippen LogP contribution in [0.2, 0.25) is 0 Å². The summed E-state index contributed by atoms with van der Waals surface area (Å²) in [5.74, 6) is -1.55. The number of nitrogens with one attached hydrogen (secondary N) is 1. The third-order valence-corrected chi connectivity index (χ3v) is 8.93. The first kappa shape index (κ1) is 29.5. The van der Waals surface area contributed by atoms with Gasteiger partial charge in [-0.3, -0.25) is 9.48 Å². The van der Waals surface area contributed by atoms with E-state index in [1.165, 1.54) is 21.3 Å². The maximum Gasteiger partial charge on any atom is 0.410 e. The van der Waals surface area contributed by atoms with E-state index in [1.807, 2.05) is 25.7 Å². The average molecular weight is 622 g/mol. The lowest BCUT2D eigenvalue weighted by Crippen LogP contribution is -2.54. The van der Waals surface area contributed by atoms with Gasteiger partial charge in [-0.1, -0.05) is 0 Å². The Hall–Kier alpha value is -4.26. The third-order valence-electron chi connectivity index (χ3n) is 8.93. The van der Waals surface area contributed by atoms with Gasteiger partial charge in [0.25, 0.3) is 5.91 Å². The van der Waals surface area contributed by atoms with Crippen molar-refractivity contribution in [1.82, 2.24) is 24.1 Å². The molecule has 1 atom stereocenters. The number of hydrogen-bond acceptors (Lipinski definition) is 7. The number of nitrogens with zero attached hydrogens (tertiary/aromatic N) is 6. The Labute approximate surface area is 259 Å². The number of ether oxygens (including phenoxy) is 2. The highest BCUT2D eigenvalue weighted by atomic mass is 19.1. The Morgan fingerprint density at radius 1 is 1.18 bits per heavy atom. The van der Waals surface area contributed by atoms with Crippen molar-refractivity contribution < 1.29 is 27.8 Å². The Balaban J connectivity index is 1.16. The van der Waals surface area contributed by atoms with Gasteiger partial charge in [-0.05, 0) is 58.9 Å². The van der Waals surface area contributed by atoms with Gasteiger partial charge in [0.2, 0.25) is 0 Å². The van der Waals surface area contributed by atoms with Crippen molar-refractivity contribution in [2.24, 2.45) is 13.0 Å². The summed E-state index contributed by atoms with van der Waals surface area (Å²) in [5.41, 5.74) is 0.473. The number of anilines is 2. The molecule has 1 aromatic carbocycles. The molecule has 1 aliphatic carbocycles. The molecule has 1 N–H and O–H groups in total. The van der Waals surface area contributed by atoms with E-state index in [9.17, 15) is 14.0 Å². The summed E-state index contributed by atoms with van der Waals surface area (Å²) >= 11 is 0. The number of pyridine rings is 1. The van der Waals surface area contributed by atoms with Crippen LogP contribution in [0.4, 0.5) is 25.0 Å². The van der Waals surface area contributed by atoms with Crippen LogP contribution in [0.3, 0.4) is 0 Å². The summed E-state index contributed by atoms with van der Waals surface area (Å²) < 4.78 is 45.5. The number of carbonyl (C=O) groups is 2. The van der Waals surface area contributed by atoms with Crippen LogP contribution in [0.15, 0.2) is 30.7 Å². The largest absolute Gasteiger partial charge is 0.444 e. The molecular formula is C32H37F2N7O4. The first-order valence-corrected chi connectivity index (χ1v) is 15.3. The molecule has 0 unspecified atom stereocenters. The molecule has 3 aliphatic heterocycles. The smallest absolute Gasteiger partial charge is 0.410 e. The number of imidazole rings is 1. The number of benzene rings is 1. The second-order valence-electron chi connectivity index (χ2n) is 13.7. The summed E-state index contributed by atoms with van der Waals surface area (Å²) in [7, 11) is 1.71. The van der Waals surface area contributed by atoms with Gasteiger partial charge >= 0.3 is 6.09 Å². The first-order chi connectivity index (χ1) is 21.3. The van der Waals surface area contributed by atoms with Crippen LogP contribution in [0.25, 0.3) is 16.6 Å². The third kappa shape index (κ3) is 5.36. The second-order valence-corrected chi connectivity index (χ2v) is 13.7. The molecule has 8 rings (SSSR count). The molecule has 11 nitrogen and oxygen atoms in total. The lowest BCUT2D eigenvalue weighted by molar-refractivity contribution is -0.0458. The van der Waals surface area contributed by atoms with Crippen molar-refractivity contribution in [3.8, 4) is 0 Å². The summed E-state index contributed by atoms with van der Waals surface area (Å²) in [5, 5.41) is 7.67. The van der Waals surface area contributed by atoms with Crippen molar-refractivity contribution in [3.63, 3.8) is 0 Å². The molecule has 2 amide bonds. The van der Waals surface area contributed by atoms with Crippen molar-refractivity contribution in [2.75, 3.05) is 36.5 Å². The highest BCUT2D eigenvalue weighted by Gasteiger charge is 2.54. The van der Waals surface area contributed by atoms with Crippen molar-refractivity contribution in [2.45, 2.75) is 64.2 Å². The van der Waals surface area contributed by atoms with Crippen LogP contribution in [-0.2, 0) is 16.5 Å². The molecule has 3 aromatic heterocycles. The number of carbonyl (C=O) groups excluding carboxylic acids is 2. The van der Waals surface area contributed by atoms with Gasteiger partial charge in [-0.25, -0.2) is 18.6 Å². The fraction of sp³-hybridized carbons (Fsp3) is 0.500. The maximum absolute atomic E-state index is 15.9. The Bertz CT molecular complexity index is 1830. The van der Waals surface area contributed by atoms with Gasteiger partial charge in [0.15, 0.2) is 11.5 Å². The molecule has 0 radical (unpaired) electrons. The van der Waals surface area contributed by atoms with E-state index in [1.54, 1.807) is 31.3 Å². The van der Waals surface area contributed by atoms with Crippen LogP contribution < -0.4 is 10.2 Å². The molecular weight excluding hydrogens is 584 g/mol. The number of rotatable bonds is 6. The normalized spacial score (nSPS) is 22.7. The summed E-state index contributed by atoms with van der Waals surface area (Å²) in [6.45, 7) is 9.49. The number of hydrogen-bond donors (Lipinski definition) is 1. The van der Waals surface area contributed by atoms with Crippen molar-refractivity contribution >= 4 is 39.9 Å². The minimum absolute atomic E-state index is 0.134. The number of amides is 2. The molecule has 45 heavy (non-hydrogen) atoms. The second kappa shape index (κ2) is 10.4. The zero-order valence-electron chi connectivity index (χ0n) is 26.1. The molecule has 0 spiro atoms. The highest BCUT2D eigenvalue weighted by molar-refractivity contribution is 6.14. The molecule has 13 heteroatoms. The molecule has 4 aromatic rings. The molecule has 4 fully saturated rings. The van der Waals surface area contributed by atoms with Gasteiger partial charge in [-0.2, -0.15) is 5.10 Å². The molecule has 6 heterocycles. The zero-order chi connectivity index (χ0) is 31.8. The van der Waals surface area contributed by atoms with E-state index in [0.29, 0.717) is 48.7 Å². The molecule has 4 aliphatic rings. The van der Waals surface area contributed by atoms with E-state index < -0.39 is 23.1 Å². The van der Waals surface area contributed by atoms with Gasteiger partial charge in [0.1, 0.15) is 22.5 Å². The molecule has 2 bridgehead atoms. The van der Waals surface area contributed by atoms with Gasteiger partial charge in [0.05, 0.1) is 41.9 Å². The van der Waals surface area contributed by atoms with Gasteiger partial charge < -0.3 is 29.0 Å². The van der Waals surface area contributed by atoms with Gasteiger partial charge in [0, 0.05) is 50.2 Å². The van der Waals surface area contributed by atoms with Crippen molar-refractivity contribution in [3.05, 3.63) is 53.6 Å². The van der Waals surface area contributed by atoms with E-state index >= 15 is 4.39 Å². The standard InChI is InChI=1S/C32H37F2N7O4/c1-18-12-40-13-20(8-24(34)28(40)35-18)36-29(42)26-23(33)9-25(22-15-38(5)37-27(22)26)39-7-6-21(14-39)41(30(43)45-31(2,3)4)17-32-10-19(11-32)16-44-32/h8-9,12-13,15,19,21H,6-7,10-11,14,16-17H2,1-5H3,(H,36,42)/t19?,21-,32?/m0/s1. The SMILES string of the molecule is Cc1cn2cc(NC(=O)c3c(F)cc(N4CC[C@H](N(CC56CC(CO5)C6)C(=O)OC(C)(C)C)C4)c4cn(C)nc34)cc(F)c2n1. The minimum atomic E-state index is -0.750. The fourth-order valence-electron chi connectivity index (χ4n) is 7.05. The predicted octanol–water partition coefficient (Wildman–Crippen LogP) is 5.05. The van der Waals surface area contributed by atoms with Crippen LogP contribution in [0.5, 0.6) is 0 Å². The number of fused-ring (bicyclic) bond motifs is 3. The Morgan fingerprint density at radius 2 is 1.96 bits per heavy atom. The van der Waals surface area contributed by atoms with E-state index in [4.69, 9.17) is 9.47 Å². The summed E-state index contributed by atoms with van der Waals surface area (Å²) in [4.78, 5) is 34.8. The number of aromatic nitrogens is 4. The molecule has 238 valence electrons. The van der Waals surface area contributed by atoms with Crippen LogP contribution in [0.1, 0.15) is 56.1 Å². The van der Waals surface area contributed by atoms with Crippen LogP contribution in [-0.4, -0.2) is 79.6 Å². The van der Waals surface area contributed by atoms with Crippen molar-refractivity contribution in [1.29, 1.82) is 0 Å². The minimum Gasteiger partial charge on any atom is -0.444 e. The monoisotopic (exact) mass is 621 g/mol. The van der Waals surface area contributed by atoms with Gasteiger partial charge in [-0.15, -0.1) is 0 Å². The van der Waals surface area contributed by atoms with Crippen LogP contribution >= 0.6 is 0 Å². The van der Waals surface area contributed by atoms with E-state index in [-0.39, 0.29) is 40.2 Å². The topological polar surface area (TPSA) is 106 Å². The first-order valence-electron chi connectivity index (χ1n) is 15.3. The van der Waals surface area contributed by atoms with Crippen LogP contribution in [0, 0.1) is 24.5 Å². The average Bonchev–Trinajstić information content (AvgIpc) is 3.74. The quantitative estimate of drug-likeness (QED) is 0.321. The van der Waals surface area contributed by atoms with E-state index in [0.717, 1.165) is 25.5 Å². The fourth-order valence-corrected chi connectivity index (χ4v) is 7.05.